The van der Waals surface area contributed by atoms with E-state index in [1.165, 1.54) is 0 Å². The molecule has 7 heteroatoms. The molecule has 0 spiro atoms. The number of likely N-dealkylation sites (N-methyl/N-ethyl adjacent to an activating group) is 1. The van der Waals surface area contributed by atoms with Crippen molar-refractivity contribution in [3.8, 4) is 0 Å². The van der Waals surface area contributed by atoms with Gasteiger partial charge in [0.1, 0.15) is 6.17 Å². The van der Waals surface area contributed by atoms with Crippen molar-refractivity contribution < 1.29 is 15.3 Å². The Morgan fingerprint density at radius 3 is 2.31 bits per heavy atom. The lowest BCUT2D eigenvalue weighted by Gasteiger charge is -2.44. The maximum Gasteiger partial charge on any atom is 0.225 e. The van der Waals surface area contributed by atoms with Gasteiger partial charge in [0.15, 0.2) is 0 Å². The lowest BCUT2D eigenvalue weighted by atomic mass is 9.97. The van der Waals surface area contributed by atoms with E-state index in [0.29, 0.717) is 12.3 Å². The van der Waals surface area contributed by atoms with Crippen LogP contribution < -0.4 is 5.43 Å². The van der Waals surface area contributed by atoms with Crippen LogP contribution in [-0.4, -0.2) is 79.1 Å². The van der Waals surface area contributed by atoms with Crippen LogP contribution >= 0.6 is 0 Å². The third-order valence-electron chi connectivity index (χ3n) is 7.55. The Hall–Kier alpha value is -1.06. The Labute approximate surface area is 194 Å². The number of aliphatic hydroxyl groups is 3. The van der Waals surface area contributed by atoms with Crippen LogP contribution in [0.2, 0.25) is 0 Å². The number of nitrogens with zero attached hydrogens (tertiary/aromatic N) is 3. The molecule has 1 aromatic carbocycles. The number of rotatable bonds is 8. The van der Waals surface area contributed by atoms with Crippen molar-refractivity contribution in [2.24, 2.45) is 5.92 Å². The SMILES string of the molecule is CC1CC(CC(C)N2C(C)NN(C)C2C(C)(C)O)N(C(O)(O)CCc2ccccc2)C1C. The summed E-state index contributed by atoms with van der Waals surface area (Å²) in [6.07, 6.45) is 2.54. The number of likely N-dealkylation sites (tertiary alicyclic amines) is 1. The second-order valence-electron chi connectivity index (χ2n) is 10.7. The van der Waals surface area contributed by atoms with Crippen LogP contribution in [-0.2, 0) is 6.42 Å². The first-order valence-electron chi connectivity index (χ1n) is 12.1. The quantitative estimate of drug-likeness (QED) is 0.455. The highest BCUT2D eigenvalue weighted by Gasteiger charge is 2.50. The maximum atomic E-state index is 11.2. The fourth-order valence-electron chi connectivity index (χ4n) is 6.08. The standard InChI is InChI=1S/C25H44N4O3/c1-17-15-22(16-18(2)28-20(4)26-27(7)23(28)24(5,6)30)29(19(17)3)25(31,32)14-13-21-11-9-8-10-12-21/h8-12,17-20,22-23,26,30-32H,13-16H2,1-7H3. The normalized spacial score (nSPS) is 32.0. The van der Waals surface area contributed by atoms with Crippen molar-refractivity contribution >= 4 is 0 Å². The van der Waals surface area contributed by atoms with Crippen LogP contribution in [0.25, 0.3) is 0 Å². The summed E-state index contributed by atoms with van der Waals surface area (Å²) in [5, 5.41) is 35.2. The Morgan fingerprint density at radius 1 is 1.09 bits per heavy atom. The maximum absolute atomic E-state index is 11.2. The average Bonchev–Trinajstić information content (AvgIpc) is 3.15. The van der Waals surface area contributed by atoms with E-state index in [1.807, 2.05) is 61.1 Å². The number of benzene rings is 1. The molecule has 2 fully saturated rings. The number of aryl methyl sites for hydroxylation is 1. The Balaban J connectivity index is 1.75. The summed E-state index contributed by atoms with van der Waals surface area (Å²) in [5.41, 5.74) is 3.62. The molecule has 2 aliphatic rings. The molecule has 2 heterocycles. The van der Waals surface area contributed by atoms with Crippen molar-refractivity contribution in [1.82, 2.24) is 20.2 Å². The molecule has 0 amide bonds. The van der Waals surface area contributed by atoms with E-state index in [-0.39, 0.29) is 36.9 Å². The summed E-state index contributed by atoms with van der Waals surface area (Å²) in [7, 11) is 1.97. The van der Waals surface area contributed by atoms with Crippen molar-refractivity contribution in [3.05, 3.63) is 35.9 Å². The first-order chi connectivity index (χ1) is 14.8. The summed E-state index contributed by atoms with van der Waals surface area (Å²) in [6, 6.07) is 10.3. The third-order valence-corrected chi connectivity index (χ3v) is 7.55. The van der Waals surface area contributed by atoms with E-state index in [9.17, 15) is 15.3 Å². The molecule has 1 aromatic rings. The highest BCUT2D eigenvalue weighted by atomic mass is 16.5. The molecule has 7 nitrogen and oxygen atoms in total. The van der Waals surface area contributed by atoms with Crippen molar-refractivity contribution in [2.45, 2.75) is 109 Å². The van der Waals surface area contributed by atoms with Gasteiger partial charge in [0.2, 0.25) is 5.91 Å². The first kappa shape index (κ1) is 25.6. The summed E-state index contributed by atoms with van der Waals surface area (Å²) in [6.45, 7) is 12.3. The summed E-state index contributed by atoms with van der Waals surface area (Å²) in [4.78, 5) is 4.25. The predicted molar refractivity (Wildman–Crippen MR) is 127 cm³/mol. The van der Waals surface area contributed by atoms with Gasteiger partial charge in [0.05, 0.1) is 11.8 Å². The zero-order valence-electron chi connectivity index (χ0n) is 20.9. The Morgan fingerprint density at radius 2 is 1.72 bits per heavy atom. The van der Waals surface area contributed by atoms with Crippen LogP contribution in [0.1, 0.15) is 66.4 Å². The van der Waals surface area contributed by atoms with E-state index in [1.54, 1.807) is 0 Å². The van der Waals surface area contributed by atoms with Crippen LogP contribution in [0.4, 0.5) is 0 Å². The topological polar surface area (TPSA) is 82.4 Å². The second-order valence-corrected chi connectivity index (χ2v) is 10.7. The molecule has 4 N–H and O–H groups in total. The lowest BCUT2D eigenvalue weighted by molar-refractivity contribution is -0.283. The monoisotopic (exact) mass is 448 g/mol. The molecule has 6 atom stereocenters. The van der Waals surface area contributed by atoms with Gasteiger partial charge < -0.3 is 15.3 Å². The molecule has 0 aromatic heterocycles. The van der Waals surface area contributed by atoms with Gasteiger partial charge in [-0.25, -0.2) is 15.3 Å². The smallest absolute Gasteiger partial charge is 0.225 e. The van der Waals surface area contributed by atoms with Crippen LogP contribution in [0.3, 0.4) is 0 Å². The summed E-state index contributed by atoms with van der Waals surface area (Å²) in [5.74, 6) is -1.48. The van der Waals surface area contributed by atoms with Gasteiger partial charge in [-0.15, -0.1) is 0 Å². The average molecular weight is 449 g/mol. The zero-order valence-corrected chi connectivity index (χ0v) is 20.9. The molecule has 182 valence electrons. The van der Waals surface area contributed by atoms with E-state index in [4.69, 9.17) is 0 Å². The number of hydrogen-bond acceptors (Lipinski definition) is 7. The molecule has 0 saturated carbocycles. The molecule has 2 saturated heterocycles. The summed E-state index contributed by atoms with van der Waals surface area (Å²) >= 11 is 0. The fourth-order valence-corrected chi connectivity index (χ4v) is 6.08. The van der Waals surface area contributed by atoms with Gasteiger partial charge in [-0.05, 0) is 65.4 Å². The predicted octanol–water partition coefficient (Wildman–Crippen LogP) is 2.33. The van der Waals surface area contributed by atoms with Crippen LogP contribution in [0, 0.1) is 5.92 Å². The molecular formula is C25H44N4O3. The minimum atomic E-state index is -1.86. The van der Waals surface area contributed by atoms with Gasteiger partial charge in [-0.2, -0.15) is 0 Å². The minimum absolute atomic E-state index is 0.0568. The van der Waals surface area contributed by atoms with E-state index < -0.39 is 11.5 Å². The fraction of sp³-hybridized carbons (Fsp3) is 0.760. The zero-order chi connectivity index (χ0) is 23.8. The molecule has 3 rings (SSSR count). The van der Waals surface area contributed by atoms with Gasteiger partial charge in [0, 0.05) is 31.6 Å². The van der Waals surface area contributed by atoms with Gasteiger partial charge in [-0.1, -0.05) is 37.3 Å². The van der Waals surface area contributed by atoms with Gasteiger partial charge in [0.25, 0.3) is 0 Å². The Kier molecular flexibility index (Phi) is 7.72. The largest absolute Gasteiger partial charge is 0.387 e. The molecular weight excluding hydrogens is 404 g/mol. The van der Waals surface area contributed by atoms with Crippen molar-refractivity contribution in [3.63, 3.8) is 0 Å². The summed E-state index contributed by atoms with van der Waals surface area (Å²) < 4.78 is 0. The lowest BCUT2D eigenvalue weighted by Crippen LogP contribution is -2.58. The van der Waals surface area contributed by atoms with Gasteiger partial charge >= 0.3 is 0 Å². The van der Waals surface area contributed by atoms with Gasteiger partial charge in [-0.3, -0.25) is 4.90 Å². The van der Waals surface area contributed by atoms with E-state index >= 15 is 0 Å². The minimum Gasteiger partial charge on any atom is -0.387 e. The number of hydrazine groups is 1. The first-order valence-corrected chi connectivity index (χ1v) is 12.1. The van der Waals surface area contributed by atoms with Crippen molar-refractivity contribution in [2.75, 3.05) is 7.05 Å². The second kappa shape index (κ2) is 9.66. The molecule has 6 unspecified atom stereocenters. The van der Waals surface area contributed by atoms with E-state index in [0.717, 1.165) is 18.4 Å². The molecule has 2 aliphatic heterocycles. The Bertz CT molecular complexity index is 738. The van der Waals surface area contributed by atoms with E-state index in [2.05, 4.69) is 38.0 Å². The highest BCUT2D eigenvalue weighted by molar-refractivity contribution is 5.15. The molecule has 0 aliphatic carbocycles. The van der Waals surface area contributed by atoms with Crippen LogP contribution in [0.5, 0.6) is 0 Å². The number of hydrogen-bond donors (Lipinski definition) is 4. The molecule has 0 bridgehead atoms. The van der Waals surface area contributed by atoms with Crippen LogP contribution in [0.15, 0.2) is 30.3 Å². The third kappa shape index (κ3) is 5.36. The molecule has 0 radical (unpaired) electrons. The van der Waals surface area contributed by atoms with Crippen molar-refractivity contribution in [1.29, 1.82) is 0 Å². The highest BCUT2D eigenvalue weighted by Crippen LogP contribution is 2.39. The molecule has 32 heavy (non-hydrogen) atoms. The number of nitrogens with one attached hydrogen (secondary N) is 1.